The lowest BCUT2D eigenvalue weighted by Gasteiger charge is -2.10. The summed E-state index contributed by atoms with van der Waals surface area (Å²) >= 11 is 1.47. The van der Waals surface area contributed by atoms with E-state index in [9.17, 15) is 4.79 Å². The summed E-state index contributed by atoms with van der Waals surface area (Å²) in [5, 5.41) is 6.17. The Morgan fingerprint density at radius 3 is 2.65 bits per heavy atom. The molecule has 1 heterocycles. The molecule has 20 heavy (non-hydrogen) atoms. The lowest BCUT2D eigenvalue weighted by Crippen LogP contribution is -2.22. The molecule has 5 nitrogen and oxygen atoms in total. The van der Waals surface area contributed by atoms with Gasteiger partial charge in [0, 0.05) is 11.0 Å². The Morgan fingerprint density at radius 1 is 1.40 bits per heavy atom. The van der Waals surface area contributed by atoms with Crippen LogP contribution in [0.1, 0.15) is 12.6 Å². The van der Waals surface area contributed by atoms with Crippen LogP contribution in [0.3, 0.4) is 0 Å². The van der Waals surface area contributed by atoms with Crippen molar-refractivity contribution in [2.24, 2.45) is 0 Å². The van der Waals surface area contributed by atoms with Gasteiger partial charge in [-0.3, -0.25) is 10.1 Å². The highest BCUT2D eigenvalue weighted by atomic mass is 32.2. The molecule has 0 aliphatic carbocycles. The minimum atomic E-state index is -0.242. The third kappa shape index (κ3) is 3.77. The monoisotopic (exact) mass is 292 g/mol. The third-order valence-electron chi connectivity index (χ3n) is 2.62. The number of hydrogen-bond donors (Lipinski definition) is 1. The molecule has 2 rings (SSSR count). The van der Waals surface area contributed by atoms with E-state index in [1.807, 2.05) is 31.2 Å². The maximum absolute atomic E-state index is 12.0. The number of benzene rings is 1. The Kier molecular flexibility index (Phi) is 4.68. The largest absolute Gasteiger partial charge is 0.497 e. The fourth-order valence-corrected chi connectivity index (χ4v) is 2.42. The number of thioether (sulfide) groups is 1. The van der Waals surface area contributed by atoms with Crippen LogP contribution in [0.2, 0.25) is 0 Å². The van der Waals surface area contributed by atoms with Crippen molar-refractivity contribution in [2.45, 2.75) is 24.0 Å². The lowest BCUT2D eigenvalue weighted by molar-refractivity contribution is -0.115. The van der Waals surface area contributed by atoms with Crippen molar-refractivity contribution in [3.63, 3.8) is 0 Å². The van der Waals surface area contributed by atoms with Gasteiger partial charge in [-0.05, 0) is 38.1 Å². The highest BCUT2D eigenvalue weighted by Crippen LogP contribution is 2.26. The molecule has 106 valence electrons. The second kappa shape index (κ2) is 6.47. The highest BCUT2D eigenvalue weighted by molar-refractivity contribution is 8.00. The summed E-state index contributed by atoms with van der Waals surface area (Å²) in [5.41, 5.74) is 0.732. The van der Waals surface area contributed by atoms with Gasteiger partial charge in [0.25, 0.3) is 0 Å². The van der Waals surface area contributed by atoms with Crippen molar-refractivity contribution in [3.8, 4) is 5.75 Å². The molecule has 0 aliphatic rings. The van der Waals surface area contributed by atoms with E-state index in [2.05, 4.69) is 10.5 Å². The quantitative estimate of drug-likeness (QED) is 0.858. The first kappa shape index (κ1) is 14.5. The van der Waals surface area contributed by atoms with Gasteiger partial charge >= 0.3 is 0 Å². The number of ether oxygens (including phenoxy) is 1. The molecule has 2 aromatic rings. The molecular formula is C14H16N2O3S. The summed E-state index contributed by atoms with van der Waals surface area (Å²) in [4.78, 5) is 13.0. The molecule has 1 aromatic carbocycles. The SMILES string of the molecule is COc1ccc(S[C@@H](C)C(=O)Nc2cc(C)no2)cc1. The van der Waals surface area contributed by atoms with Crippen LogP contribution in [0.25, 0.3) is 0 Å². The zero-order valence-electron chi connectivity index (χ0n) is 11.5. The van der Waals surface area contributed by atoms with Crippen LogP contribution in [-0.2, 0) is 4.79 Å². The number of nitrogens with one attached hydrogen (secondary N) is 1. The first-order valence-corrected chi connectivity index (χ1v) is 7.01. The summed E-state index contributed by atoms with van der Waals surface area (Å²) < 4.78 is 10.1. The Labute approximate surface area is 121 Å². The second-order valence-electron chi connectivity index (χ2n) is 4.26. The molecule has 0 saturated carbocycles. The number of hydrogen-bond acceptors (Lipinski definition) is 5. The van der Waals surface area contributed by atoms with E-state index in [1.54, 1.807) is 20.1 Å². The van der Waals surface area contributed by atoms with E-state index in [1.165, 1.54) is 11.8 Å². The van der Waals surface area contributed by atoms with Crippen LogP contribution in [0, 0.1) is 6.92 Å². The first-order chi connectivity index (χ1) is 9.58. The highest BCUT2D eigenvalue weighted by Gasteiger charge is 2.16. The van der Waals surface area contributed by atoms with Gasteiger partial charge in [0.2, 0.25) is 11.8 Å². The van der Waals surface area contributed by atoms with Gasteiger partial charge in [0.05, 0.1) is 18.1 Å². The van der Waals surface area contributed by atoms with E-state index in [0.29, 0.717) is 5.88 Å². The van der Waals surface area contributed by atoms with E-state index in [4.69, 9.17) is 9.26 Å². The second-order valence-corrected chi connectivity index (χ2v) is 5.67. The average molecular weight is 292 g/mol. The van der Waals surface area contributed by atoms with Gasteiger partial charge in [-0.15, -0.1) is 11.8 Å². The molecule has 1 N–H and O–H groups in total. The fraction of sp³-hybridized carbons (Fsp3) is 0.286. The summed E-state index contributed by atoms with van der Waals surface area (Å²) in [6, 6.07) is 9.26. The first-order valence-electron chi connectivity index (χ1n) is 6.13. The smallest absolute Gasteiger partial charge is 0.239 e. The minimum Gasteiger partial charge on any atom is -0.497 e. The molecule has 0 saturated heterocycles. The van der Waals surface area contributed by atoms with Gasteiger partial charge in [0.1, 0.15) is 5.75 Å². The summed E-state index contributed by atoms with van der Waals surface area (Å²) in [6.07, 6.45) is 0. The number of anilines is 1. The Balaban J connectivity index is 1.92. The molecule has 0 fully saturated rings. The standard InChI is InChI=1S/C14H16N2O3S/c1-9-8-13(19-16-9)15-14(17)10(2)20-12-6-4-11(18-3)5-7-12/h4-8,10H,1-3H3,(H,15,17)/t10-/m0/s1. The van der Waals surface area contributed by atoms with E-state index in [-0.39, 0.29) is 11.2 Å². The van der Waals surface area contributed by atoms with E-state index < -0.39 is 0 Å². The van der Waals surface area contributed by atoms with Crippen molar-refractivity contribution in [1.29, 1.82) is 0 Å². The van der Waals surface area contributed by atoms with Crippen LogP contribution in [0.5, 0.6) is 5.75 Å². The number of carbonyl (C=O) groups excluding carboxylic acids is 1. The number of amides is 1. The molecule has 0 radical (unpaired) electrons. The predicted molar refractivity (Wildman–Crippen MR) is 78.2 cm³/mol. The van der Waals surface area contributed by atoms with Crippen molar-refractivity contribution in [2.75, 3.05) is 12.4 Å². The molecule has 1 amide bonds. The van der Waals surface area contributed by atoms with Gasteiger partial charge < -0.3 is 9.26 Å². The minimum absolute atomic E-state index is 0.123. The number of aryl methyl sites for hydroxylation is 1. The molecule has 0 aliphatic heterocycles. The maximum Gasteiger partial charge on any atom is 0.239 e. The lowest BCUT2D eigenvalue weighted by atomic mass is 10.3. The number of aromatic nitrogens is 1. The molecule has 6 heteroatoms. The topological polar surface area (TPSA) is 64.4 Å². The predicted octanol–water partition coefficient (Wildman–Crippen LogP) is 3.11. The van der Waals surface area contributed by atoms with Crippen LogP contribution in [0.15, 0.2) is 39.8 Å². The fourth-order valence-electron chi connectivity index (χ4n) is 1.56. The van der Waals surface area contributed by atoms with Crippen molar-refractivity contribution in [1.82, 2.24) is 5.16 Å². The molecule has 1 atom stereocenters. The van der Waals surface area contributed by atoms with Crippen molar-refractivity contribution >= 4 is 23.6 Å². The number of carbonyl (C=O) groups is 1. The van der Waals surface area contributed by atoms with Crippen LogP contribution < -0.4 is 10.1 Å². The normalized spacial score (nSPS) is 11.9. The number of nitrogens with zero attached hydrogens (tertiary/aromatic N) is 1. The van der Waals surface area contributed by atoms with E-state index >= 15 is 0 Å². The number of methoxy groups -OCH3 is 1. The van der Waals surface area contributed by atoms with Gasteiger partial charge in [0.15, 0.2) is 0 Å². The van der Waals surface area contributed by atoms with Crippen LogP contribution >= 0.6 is 11.8 Å². The Hall–Kier alpha value is -1.95. The van der Waals surface area contributed by atoms with Gasteiger partial charge in [-0.1, -0.05) is 5.16 Å². The Morgan fingerprint density at radius 2 is 2.10 bits per heavy atom. The molecule has 0 bridgehead atoms. The molecule has 0 unspecified atom stereocenters. The zero-order valence-corrected chi connectivity index (χ0v) is 12.4. The van der Waals surface area contributed by atoms with Gasteiger partial charge in [-0.25, -0.2) is 0 Å². The van der Waals surface area contributed by atoms with Crippen LogP contribution in [-0.4, -0.2) is 23.4 Å². The van der Waals surface area contributed by atoms with Crippen LogP contribution in [0.4, 0.5) is 5.88 Å². The Bertz CT molecular complexity index is 580. The summed E-state index contributed by atoms with van der Waals surface area (Å²) in [5.74, 6) is 1.04. The molecule has 0 spiro atoms. The zero-order chi connectivity index (χ0) is 14.5. The van der Waals surface area contributed by atoms with Gasteiger partial charge in [-0.2, -0.15) is 0 Å². The van der Waals surface area contributed by atoms with Crippen molar-refractivity contribution < 1.29 is 14.1 Å². The average Bonchev–Trinajstić information content (AvgIpc) is 2.85. The summed E-state index contributed by atoms with van der Waals surface area (Å²) in [7, 11) is 1.62. The number of rotatable bonds is 5. The summed E-state index contributed by atoms with van der Waals surface area (Å²) in [6.45, 7) is 3.64. The molecule has 1 aromatic heterocycles. The maximum atomic E-state index is 12.0. The molecular weight excluding hydrogens is 276 g/mol. The third-order valence-corrected chi connectivity index (χ3v) is 3.73. The van der Waals surface area contributed by atoms with Crippen molar-refractivity contribution in [3.05, 3.63) is 36.0 Å². The van der Waals surface area contributed by atoms with E-state index in [0.717, 1.165) is 16.3 Å².